The lowest BCUT2D eigenvalue weighted by Crippen LogP contribution is -2.34. The van der Waals surface area contributed by atoms with E-state index >= 15 is 0 Å². The Bertz CT molecular complexity index is 881. The van der Waals surface area contributed by atoms with Gasteiger partial charge in [0.2, 0.25) is 16.8 Å². The zero-order valence-corrected chi connectivity index (χ0v) is 16.5. The van der Waals surface area contributed by atoms with Gasteiger partial charge in [-0.2, -0.15) is 0 Å². The van der Waals surface area contributed by atoms with E-state index in [0.717, 1.165) is 11.3 Å². The van der Waals surface area contributed by atoms with E-state index in [1.54, 1.807) is 6.07 Å². The quantitative estimate of drug-likeness (QED) is 0.743. The molecule has 0 aliphatic carbocycles. The molecule has 0 fully saturated rings. The van der Waals surface area contributed by atoms with Crippen molar-refractivity contribution >= 4 is 10.0 Å². The molecule has 0 spiro atoms. The van der Waals surface area contributed by atoms with Crippen LogP contribution < -0.4 is 18.9 Å². The van der Waals surface area contributed by atoms with Gasteiger partial charge in [0.15, 0.2) is 11.5 Å². The maximum atomic E-state index is 12.7. The van der Waals surface area contributed by atoms with E-state index in [2.05, 4.69) is 4.72 Å². The molecule has 2 aromatic rings. The summed E-state index contributed by atoms with van der Waals surface area (Å²) in [5.41, 5.74) is 0.997. The van der Waals surface area contributed by atoms with Gasteiger partial charge in [0, 0.05) is 18.7 Å². The number of rotatable bonds is 8. The van der Waals surface area contributed by atoms with Crippen molar-refractivity contribution in [1.82, 2.24) is 9.62 Å². The summed E-state index contributed by atoms with van der Waals surface area (Å²) in [5, 5.41) is 0. The molecule has 3 rings (SSSR count). The molecule has 2 aromatic carbocycles. The Balaban J connectivity index is 1.73. The van der Waals surface area contributed by atoms with Crippen LogP contribution in [0.2, 0.25) is 0 Å². The molecule has 8 heteroatoms. The summed E-state index contributed by atoms with van der Waals surface area (Å²) in [7, 11) is 0.153. The Hall–Kier alpha value is -2.29. The lowest BCUT2D eigenvalue weighted by molar-refractivity contribution is 0.174. The molecule has 1 aliphatic rings. The summed E-state index contributed by atoms with van der Waals surface area (Å²) in [4.78, 5) is 2.12. The molecule has 0 amide bonds. The number of benzene rings is 2. The van der Waals surface area contributed by atoms with Gasteiger partial charge >= 0.3 is 0 Å². The predicted octanol–water partition coefficient (Wildman–Crippen LogP) is 2.40. The fraction of sp³-hybridized carbons (Fsp3) is 0.368. The van der Waals surface area contributed by atoms with Crippen LogP contribution in [0.15, 0.2) is 47.4 Å². The molecule has 7 nitrogen and oxygen atoms in total. The Morgan fingerprint density at radius 2 is 1.81 bits per heavy atom. The predicted molar refractivity (Wildman–Crippen MR) is 102 cm³/mol. The average molecular weight is 392 g/mol. The summed E-state index contributed by atoms with van der Waals surface area (Å²) < 4.78 is 44.0. The summed E-state index contributed by atoms with van der Waals surface area (Å²) >= 11 is 0. The molecule has 1 atom stereocenters. The number of hydrogen-bond acceptors (Lipinski definition) is 6. The maximum Gasteiger partial charge on any atom is 0.240 e. The summed E-state index contributed by atoms with van der Waals surface area (Å²) in [6.07, 6.45) is 0. The zero-order chi connectivity index (χ0) is 19.4. The van der Waals surface area contributed by atoms with Crippen LogP contribution in [0.3, 0.4) is 0 Å². The van der Waals surface area contributed by atoms with Crippen LogP contribution in [0, 0.1) is 0 Å². The molecule has 0 radical (unpaired) electrons. The van der Waals surface area contributed by atoms with E-state index in [1.165, 1.54) is 12.1 Å². The first kappa shape index (κ1) is 19.5. The molecule has 27 heavy (non-hydrogen) atoms. The van der Waals surface area contributed by atoms with Gasteiger partial charge in [-0.3, -0.25) is 0 Å². The molecule has 0 saturated heterocycles. The second kappa shape index (κ2) is 8.16. The topological polar surface area (TPSA) is 77.1 Å². The van der Waals surface area contributed by atoms with Gasteiger partial charge < -0.3 is 19.1 Å². The summed E-state index contributed by atoms with van der Waals surface area (Å²) in [6.45, 7) is 2.87. The number of sulfonamides is 1. The maximum absolute atomic E-state index is 12.7. The highest BCUT2D eigenvalue weighted by Gasteiger charge is 2.22. The van der Waals surface area contributed by atoms with Crippen molar-refractivity contribution < 1.29 is 22.6 Å². The van der Waals surface area contributed by atoms with Crippen LogP contribution in [0.4, 0.5) is 0 Å². The normalized spacial score (nSPS) is 14.4. The third kappa shape index (κ3) is 4.52. The minimum Gasteiger partial charge on any atom is -0.494 e. The number of nitrogens with one attached hydrogen (secondary N) is 1. The molecule has 0 saturated carbocycles. The summed E-state index contributed by atoms with van der Waals surface area (Å²) in [6, 6.07) is 12.2. The summed E-state index contributed by atoms with van der Waals surface area (Å²) in [5.74, 6) is 1.78. The van der Waals surface area contributed by atoms with Crippen LogP contribution in [0.5, 0.6) is 17.2 Å². The number of nitrogens with zero attached hydrogens (tertiary/aromatic N) is 1. The van der Waals surface area contributed by atoms with E-state index in [-0.39, 0.29) is 24.3 Å². The smallest absolute Gasteiger partial charge is 0.240 e. The first-order valence-corrected chi connectivity index (χ1v) is 10.2. The van der Waals surface area contributed by atoms with Crippen molar-refractivity contribution in [2.45, 2.75) is 17.9 Å². The molecule has 0 unspecified atom stereocenters. The highest BCUT2D eigenvalue weighted by Crippen LogP contribution is 2.33. The van der Waals surface area contributed by atoms with E-state index < -0.39 is 10.0 Å². The van der Waals surface area contributed by atoms with Crippen molar-refractivity contribution in [3.8, 4) is 17.2 Å². The SMILES string of the molecule is CCOc1ccc([C@H](CNS(=O)(=O)c2ccc3c(c2)OCO3)N(C)C)cc1. The Kier molecular flexibility index (Phi) is 5.88. The minimum absolute atomic E-state index is 0.104. The van der Waals surface area contributed by atoms with E-state index in [4.69, 9.17) is 14.2 Å². The largest absolute Gasteiger partial charge is 0.494 e. The van der Waals surface area contributed by atoms with Crippen LogP contribution in [0.1, 0.15) is 18.5 Å². The third-order valence-electron chi connectivity index (χ3n) is 4.32. The Labute approximate surface area is 159 Å². The van der Waals surface area contributed by atoms with Crippen molar-refractivity contribution in [2.75, 3.05) is 34.0 Å². The molecule has 0 aromatic heterocycles. The molecule has 1 N–H and O–H groups in total. The molecule has 146 valence electrons. The zero-order valence-electron chi connectivity index (χ0n) is 15.6. The van der Waals surface area contributed by atoms with E-state index in [9.17, 15) is 8.42 Å². The molecule has 0 bridgehead atoms. The van der Waals surface area contributed by atoms with Crippen LogP contribution >= 0.6 is 0 Å². The lowest BCUT2D eigenvalue weighted by Gasteiger charge is -2.25. The standard InChI is InChI=1S/C19H24N2O5S/c1-4-24-15-7-5-14(6-8-15)17(21(2)3)12-20-27(22,23)16-9-10-18-19(11-16)26-13-25-18/h5-11,17,20H,4,12-13H2,1-3H3/t17-/m0/s1. The lowest BCUT2D eigenvalue weighted by atomic mass is 10.1. The van der Waals surface area contributed by atoms with Crippen molar-refractivity contribution in [3.05, 3.63) is 48.0 Å². The first-order chi connectivity index (χ1) is 12.9. The molecular weight excluding hydrogens is 368 g/mol. The van der Waals surface area contributed by atoms with Crippen LogP contribution in [-0.4, -0.2) is 47.4 Å². The number of hydrogen-bond donors (Lipinski definition) is 1. The van der Waals surface area contributed by atoms with Gasteiger partial charge in [0.1, 0.15) is 5.75 Å². The van der Waals surface area contributed by atoms with Gasteiger partial charge in [-0.1, -0.05) is 12.1 Å². The van der Waals surface area contributed by atoms with Crippen LogP contribution in [0.25, 0.3) is 0 Å². The van der Waals surface area contributed by atoms with Crippen molar-refractivity contribution in [1.29, 1.82) is 0 Å². The van der Waals surface area contributed by atoms with Gasteiger partial charge in [0.25, 0.3) is 0 Å². The third-order valence-corrected chi connectivity index (χ3v) is 5.74. The molecular formula is C19H24N2O5S. The van der Waals surface area contributed by atoms with E-state index in [1.807, 2.05) is 50.2 Å². The van der Waals surface area contributed by atoms with Gasteiger partial charge in [-0.15, -0.1) is 0 Å². The van der Waals surface area contributed by atoms with Crippen molar-refractivity contribution in [3.63, 3.8) is 0 Å². The fourth-order valence-electron chi connectivity index (χ4n) is 2.87. The second-order valence-corrected chi connectivity index (χ2v) is 8.12. The highest BCUT2D eigenvalue weighted by molar-refractivity contribution is 7.89. The number of likely N-dealkylation sites (N-methyl/N-ethyl adjacent to an activating group) is 1. The van der Waals surface area contributed by atoms with E-state index in [0.29, 0.717) is 18.1 Å². The fourth-order valence-corrected chi connectivity index (χ4v) is 3.92. The minimum atomic E-state index is -3.67. The monoisotopic (exact) mass is 392 g/mol. The number of fused-ring (bicyclic) bond motifs is 1. The molecule has 1 heterocycles. The van der Waals surface area contributed by atoms with Gasteiger partial charge in [-0.05, 0) is 50.8 Å². The number of ether oxygens (including phenoxy) is 3. The van der Waals surface area contributed by atoms with Gasteiger partial charge in [-0.25, -0.2) is 13.1 Å². The Morgan fingerprint density at radius 1 is 1.11 bits per heavy atom. The second-order valence-electron chi connectivity index (χ2n) is 6.35. The highest BCUT2D eigenvalue weighted by atomic mass is 32.2. The van der Waals surface area contributed by atoms with Gasteiger partial charge in [0.05, 0.1) is 11.5 Å². The first-order valence-electron chi connectivity index (χ1n) is 8.69. The Morgan fingerprint density at radius 3 is 2.48 bits per heavy atom. The van der Waals surface area contributed by atoms with Crippen LogP contribution in [-0.2, 0) is 10.0 Å². The molecule has 1 aliphatic heterocycles. The van der Waals surface area contributed by atoms with Crippen molar-refractivity contribution in [2.24, 2.45) is 0 Å². The average Bonchev–Trinajstić information content (AvgIpc) is 3.11.